The topological polar surface area (TPSA) is 75.9 Å². The highest BCUT2D eigenvalue weighted by molar-refractivity contribution is 5.81. The molecule has 78 valence electrons. The molecule has 2 heterocycles. The molecule has 0 saturated carbocycles. The van der Waals surface area contributed by atoms with Gasteiger partial charge in [0.15, 0.2) is 0 Å². The van der Waals surface area contributed by atoms with Gasteiger partial charge < -0.3 is 15.3 Å². The van der Waals surface area contributed by atoms with Gasteiger partial charge in [0.2, 0.25) is 0 Å². The zero-order valence-corrected chi connectivity index (χ0v) is 8.38. The van der Waals surface area contributed by atoms with Gasteiger partial charge >= 0.3 is 0 Å². The second-order valence-electron chi connectivity index (χ2n) is 3.38. The van der Waals surface area contributed by atoms with Crippen LogP contribution in [0, 0.1) is 6.92 Å². The summed E-state index contributed by atoms with van der Waals surface area (Å²) in [4.78, 5) is 4.24. The Balaban J connectivity index is 2.53. The van der Waals surface area contributed by atoms with Gasteiger partial charge in [-0.3, -0.25) is 0 Å². The van der Waals surface area contributed by atoms with Crippen molar-refractivity contribution in [3.8, 4) is 0 Å². The third-order valence-electron chi connectivity index (χ3n) is 2.29. The zero-order valence-electron chi connectivity index (χ0n) is 8.38. The van der Waals surface area contributed by atoms with Crippen LogP contribution in [-0.2, 0) is 6.42 Å². The van der Waals surface area contributed by atoms with Crippen molar-refractivity contribution in [2.24, 2.45) is 10.9 Å². The molecule has 2 rings (SSSR count). The van der Waals surface area contributed by atoms with Crippen molar-refractivity contribution < 1.29 is 5.21 Å². The first-order valence-electron chi connectivity index (χ1n) is 4.60. The smallest absolute Gasteiger partial charge is 0.145 e. The molecular weight excluding hydrogens is 192 g/mol. The molecule has 0 aliphatic carbocycles. The van der Waals surface area contributed by atoms with Crippen LogP contribution in [0.15, 0.2) is 29.6 Å². The molecule has 0 amide bonds. The molecule has 2 aromatic rings. The number of nitrogens with zero attached hydrogens (tertiary/aromatic N) is 3. The van der Waals surface area contributed by atoms with Crippen LogP contribution in [0.25, 0.3) is 5.65 Å². The summed E-state index contributed by atoms with van der Waals surface area (Å²) < 4.78 is 1.98. The van der Waals surface area contributed by atoms with Crippen LogP contribution in [0.5, 0.6) is 0 Å². The van der Waals surface area contributed by atoms with E-state index < -0.39 is 0 Å². The fourth-order valence-corrected chi connectivity index (χ4v) is 1.62. The zero-order chi connectivity index (χ0) is 10.8. The highest BCUT2D eigenvalue weighted by atomic mass is 16.4. The lowest BCUT2D eigenvalue weighted by Gasteiger charge is -2.03. The second kappa shape index (κ2) is 3.61. The van der Waals surface area contributed by atoms with E-state index >= 15 is 0 Å². The summed E-state index contributed by atoms with van der Waals surface area (Å²) in [6, 6.07) is 5.86. The quantitative estimate of drug-likeness (QED) is 0.331. The number of imidazole rings is 1. The molecule has 15 heavy (non-hydrogen) atoms. The minimum absolute atomic E-state index is 0.181. The van der Waals surface area contributed by atoms with E-state index in [-0.39, 0.29) is 5.84 Å². The van der Waals surface area contributed by atoms with E-state index in [1.807, 2.05) is 29.5 Å². The first-order chi connectivity index (χ1) is 7.22. The van der Waals surface area contributed by atoms with Gasteiger partial charge in [-0.25, -0.2) is 4.98 Å². The molecule has 3 N–H and O–H groups in total. The molecular formula is C10H12N4O. The average Bonchev–Trinajstić information content (AvgIpc) is 2.63. The van der Waals surface area contributed by atoms with Crippen molar-refractivity contribution in [2.45, 2.75) is 13.3 Å². The van der Waals surface area contributed by atoms with Crippen molar-refractivity contribution in [3.05, 3.63) is 35.8 Å². The van der Waals surface area contributed by atoms with Crippen LogP contribution < -0.4 is 5.73 Å². The highest BCUT2D eigenvalue weighted by Gasteiger charge is 2.06. The summed E-state index contributed by atoms with van der Waals surface area (Å²) in [5, 5.41) is 11.5. The van der Waals surface area contributed by atoms with Gasteiger partial charge in [0.25, 0.3) is 0 Å². The molecule has 0 spiro atoms. The van der Waals surface area contributed by atoms with Gasteiger partial charge in [0.1, 0.15) is 11.5 Å². The van der Waals surface area contributed by atoms with Gasteiger partial charge in [-0.05, 0) is 19.1 Å². The van der Waals surface area contributed by atoms with Crippen LogP contribution >= 0.6 is 0 Å². The summed E-state index contributed by atoms with van der Waals surface area (Å²) in [7, 11) is 0. The molecule has 0 radical (unpaired) electrons. The SMILES string of the molecule is Cc1cccc2ncc(C/C(N)=N/O)n12. The maximum absolute atomic E-state index is 8.51. The Labute approximate surface area is 86.8 Å². The van der Waals surface area contributed by atoms with Crippen LogP contribution in [0.4, 0.5) is 0 Å². The van der Waals surface area contributed by atoms with Crippen molar-refractivity contribution in [2.75, 3.05) is 0 Å². The molecule has 0 bridgehead atoms. The molecule has 0 unspecified atom stereocenters. The summed E-state index contributed by atoms with van der Waals surface area (Å²) >= 11 is 0. The van der Waals surface area contributed by atoms with Gasteiger partial charge in [0.05, 0.1) is 12.1 Å². The lowest BCUT2D eigenvalue weighted by atomic mass is 10.3. The number of pyridine rings is 1. The van der Waals surface area contributed by atoms with Gasteiger partial charge in [0, 0.05) is 11.9 Å². The molecule has 2 aromatic heterocycles. The molecule has 0 aromatic carbocycles. The van der Waals surface area contributed by atoms with Gasteiger partial charge in [-0.2, -0.15) is 0 Å². The Hall–Kier alpha value is -2.04. The van der Waals surface area contributed by atoms with E-state index in [2.05, 4.69) is 10.1 Å². The molecule has 5 nitrogen and oxygen atoms in total. The fraction of sp³-hybridized carbons (Fsp3) is 0.200. The van der Waals surface area contributed by atoms with E-state index in [0.717, 1.165) is 17.0 Å². The fourth-order valence-electron chi connectivity index (χ4n) is 1.62. The molecule has 0 aliphatic heterocycles. The first-order valence-corrected chi connectivity index (χ1v) is 4.60. The third kappa shape index (κ3) is 1.63. The van der Waals surface area contributed by atoms with Crippen LogP contribution in [0.2, 0.25) is 0 Å². The van der Waals surface area contributed by atoms with E-state index in [4.69, 9.17) is 10.9 Å². The Morgan fingerprint density at radius 3 is 3.13 bits per heavy atom. The Bertz CT molecular complexity index is 515. The number of fused-ring (bicyclic) bond motifs is 1. The number of hydrogen-bond acceptors (Lipinski definition) is 3. The van der Waals surface area contributed by atoms with Crippen molar-refractivity contribution in [3.63, 3.8) is 0 Å². The van der Waals surface area contributed by atoms with Crippen molar-refractivity contribution >= 4 is 11.5 Å². The lowest BCUT2D eigenvalue weighted by molar-refractivity contribution is 0.317. The predicted molar refractivity (Wildman–Crippen MR) is 57.0 cm³/mol. The predicted octanol–water partition coefficient (Wildman–Crippen LogP) is 0.932. The molecule has 5 heteroatoms. The number of nitrogens with two attached hydrogens (primary N) is 1. The van der Waals surface area contributed by atoms with Crippen LogP contribution in [-0.4, -0.2) is 20.4 Å². The standard InChI is InChI=1S/C10H12N4O/c1-7-3-2-4-10-12-6-8(14(7)10)5-9(11)13-15/h2-4,6,15H,5H2,1H3,(H2,11,13). The monoisotopic (exact) mass is 204 g/mol. The number of hydrogen-bond donors (Lipinski definition) is 2. The average molecular weight is 204 g/mol. The minimum atomic E-state index is 0.181. The number of aromatic nitrogens is 2. The number of rotatable bonds is 2. The number of amidine groups is 1. The molecule has 0 atom stereocenters. The maximum atomic E-state index is 8.51. The largest absolute Gasteiger partial charge is 0.409 e. The second-order valence-corrected chi connectivity index (χ2v) is 3.38. The van der Waals surface area contributed by atoms with Crippen molar-refractivity contribution in [1.82, 2.24) is 9.38 Å². The summed E-state index contributed by atoms with van der Waals surface area (Å²) in [5.74, 6) is 0.181. The van der Waals surface area contributed by atoms with Crippen LogP contribution in [0.3, 0.4) is 0 Å². The lowest BCUT2D eigenvalue weighted by Crippen LogP contribution is -2.16. The number of oxime groups is 1. The first kappa shape index (κ1) is 9.51. The van der Waals surface area contributed by atoms with E-state index in [1.165, 1.54) is 0 Å². The van der Waals surface area contributed by atoms with E-state index in [0.29, 0.717) is 6.42 Å². The minimum Gasteiger partial charge on any atom is -0.409 e. The third-order valence-corrected chi connectivity index (χ3v) is 2.29. The maximum Gasteiger partial charge on any atom is 0.145 e. The molecule has 0 saturated heterocycles. The van der Waals surface area contributed by atoms with Gasteiger partial charge in [-0.15, -0.1) is 0 Å². The highest BCUT2D eigenvalue weighted by Crippen LogP contribution is 2.10. The molecule has 0 fully saturated rings. The number of aryl methyl sites for hydroxylation is 1. The Morgan fingerprint density at radius 2 is 2.40 bits per heavy atom. The summed E-state index contributed by atoms with van der Waals surface area (Å²) in [6.45, 7) is 1.99. The van der Waals surface area contributed by atoms with E-state index in [1.54, 1.807) is 6.20 Å². The molecule has 0 aliphatic rings. The normalized spacial score (nSPS) is 12.2. The summed E-state index contributed by atoms with van der Waals surface area (Å²) in [5.41, 5.74) is 8.33. The van der Waals surface area contributed by atoms with Gasteiger partial charge in [-0.1, -0.05) is 11.2 Å². The van der Waals surface area contributed by atoms with E-state index in [9.17, 15) is 0 Å². The van der Waals surface area contributed by atoms with Crippen LogP contribution in [0.1, 0.15) is 11.4 Å². The Morgan fingerprint density at radius 1 is 1.60 bits per heavy atom. The summed E-state index contributed by atoms with van der Waals surface area (Å²) in [6.07, 6.45) is 2.13. The Kier molecular flexibility index (Phi) is 2.29. The van der Waals surface area contributed by atoms with Crippen molar-refractivity contribution in [1.29, 1.82) is 0 Å².